The summed E-state index contributed by atoms with van der Waals surface area (Å²) in [6, 6.07) is 11.8. The van der Waals surface area contributed by atoms with Crippen molar-refractivity contribution in [1.29, 1.82) is 0 Å². The first-order valence-electron chi connectivity index (χ1n) is 6.14. The van der Waals surface area contributed by atoms with E-state index in [9.17, 15) is 5.11 Å². The molecule has 0 aromatic heterocycles. The molecule has 96 valence electrons. The van der Waals surface area contributed by atoms with E-state index in [-0.39, 0.29) is 6.79 Å². The van der Waals surface area contributed by atoms with Crippen molar-refractivity contribution in [3.8, 4) is 5.75 Å². The van der Waals surface area contributed by atoms with Crippen LogP contribution in [0.4, 0.5) is 0 Å². The zero-order chi connectivity index (χ0) is 13.0. The van der Waals surface area contributed by atoms with Gasteiger partial charge in [-0.2, -0.15) is 0 Å². The lowest BCUT2D eigenvalue weighted by atomic mass is 10.0. The fourth-order valence-corrected chi connectivity index (χ4v) is 1.93. The van der Waals surface area contributed by atoms with Crippen molar-refractivity contribution < 1.29 is 14.6 Å². The molecule has 2 aromatic rings. The number of ether oxygens (including phenoxy) is 2. The highest BCUT2D eigenvalue weighted by Crippen LogP contribution is 2.33. The second-order valence-corrected chi connectivity index (χ2v) is 4.14. The Morgan fingerprint density at radius 2 is 1.94 bits per heavy atom. The Hall–Kier alpha value is -1.58. The minimum absolute atomic E-state index is 0.199. The fourth-order valence-electron chi connectivity index (χ4n) is 1.93. The fraction of sp³-hybridized carbons (Fsp3) is 0.333. The molecule has 2 rings (SSSR count). The molecule has 18 heavy (non-hydrogen) atoms. The Balaban J connectivity index is 2.45. The van der Waals surface area contributed by atoms with Crippen LogP contribution in [0.15, 0.2) is 36.4 Å². The summed E-state index contributed by atoms with van der Waals surface area (Å²) in [7, 11) is 0. The number of fused-ring (bicyclic) bond motifs is 1. The Labute approximate surface area is 107 Å². The van der Waals surface area contributed by atoms with Crippen LogP contribution in [0.5, 0.6) is 5.75 Å². The summed E-state index contributed by atoms with van der Waals surface area (Å²) in [5.74, 6) is 0.705. The first kappa shape index (κ1) is 12.9. The molecule has 0 saturated heterocycles. The van der Waals surface area contributed by atoms with E-state index in [1.54, 1.807) is 6.92 Å². The van der Waals surface area contributed by atoms with Crippen molar-refractivity contribution in [3.63, 3.8) is 0 Å². The van der Waals surface area contributed by atoms with Gasteiger partial charge in [0, 0.05) is 17.6 Å². The highest BCUT2D eigenvalue weighted by Gasteiger charge is 2.12. The number of hydrogen-bond donors (Lipinski definition) is 1. The van der Waals surface area contributed by atoms with Crippen LogP contribution < -0.4 is 4.74 Å². The second kappa shape index (κ2) is 5.85. The van der Waals surface area contributed by atoms with Gasteiger partial charge in [0.1, 0.15) is 5.75 Å². The summed E-state index contributed by atoms with van der Waals surface area (Å²) in [4.78, 5) is 0. The third kappa shape index (κ3) is 2.63. The highest BCUT2D eigenvalue weighted by molar-refractivity contribution is 5.89. The Morgan fingerprint density at radius 1 is 1.17 bits per heavy atom. The summed E-state index contributed by atoms with van der Waals surface area (Å²) < 4.78 is 10.9. The van der Waals surface area contributed by atoms with Gasteiger partial charge in [0.2, 0.25) is 0 Å². The smallest absolute Gasteiger partial charge is 0.189 e. The van der Waals surface area contributed by atoms with Crippen molar-refractivity contribution in [1.82, 2.24) is 0 Å². The summed E-state index contributed by atoms with van der Waals surface area (Å²) >= 11 is 0. The quantitative estimate of drug-likeness (QED) is 0.650. The van der Waals surface area contributed by atoms with Gasteiger partial charge in [0.25, 0.3) is 0 Å². The zero-order valence-corrected chi connectivity index (χ0v) is 10.7. The van der Waals surface area contributed by atoms with Crippen LogP contribution in [0.3, 0.4) is 0 Å². The van der Waals surface area contributed by atoms with Crippen LogP contribution in [0.1, 0.15) is 25.5 Å². The van der Waals surface area contributed by atoms with Crippen LogP contribution in [0, 0.1) is 0 Å². The standard InChI is InChI=1S/C15H18O3/c1-3-17-10-18-15-13(11(2)16)9-8-12-6-4-5-7-14(12)15/h4-9,11,16H,3,10H2,1-2H3/t11-/m0/s1. The first-order chi connectivity index (χ1) is 8.74. The van der Waals surface area contributed by atoms with Gasteiger partial charge in [-0.05, 0) is 19.2 Å². The van der Waals surface area contributed by atoms with Crippen molar-refractivity contribution in [2.45, 2.75) is 20.0 Å². The third-order valence-corrected chi connectivity index (χ3v) is 2.85. The molecule has 0 fully saturated rings. The molecular formula is C15H18O3. The van der Waals surface area contributed by atoms with E-state index < -0.39 is 6.10 Å². The largest absolute Gasteiger partial charge is 0.467 e. The molecule has 3 nitrogen and oxygen atoms in total. The van der Waals surface area contributed by atoms with Crippen LogP contribution in [-0.4, -0.2) is 18.5 Å². The topological polar surface area (TPSA) is 38.7 Å². The maximum Gasteiger partial charge on any atom is 0.189 e. The zero-order valence-electron chi connectivity index (χ0n) is 10.7. The molecule has 2 aromatic carbocycles. The molecule has 0 heterocycles. The molecule has 1 N–H and O–H groups in total. The summed E-state index contributed by atoms with van der Waals surface area (Å²) in [6.07, 6.45) is -0.564. The third-order valence-electron chi connectivity index (χ3n) is 2.85. The van der Waals surface area contributed by atoms with Crippen molar-refractivity contribution in [3.05, 3.63) is 42.0 Å². The van der Waals surface area contributed by atoms with Gasteiger partial charge >= 0.3 is 0 Å². The number of benzene rings is 2. The number of rotatable bonds is 5. The van der Waals surface area contributed by atoms with Crippen LogP contribution in [-0.2, 0) is 4.74 Å². The second-order valence-electron chi connectivity index (χ2n) is 4.14. The van der Waals surface area contributed by atoms with E-state index in [2.05, 4.69) is 0 Å². The first-order valence-corrected chi connectivity index (χ1v) is 6.14. The van der Waals surface area contributed by atoms with Crippen LogP contribution in [0.25, 0.3) is 10.8 Å². The predicted octanol–water partition coefficient (Wildman–Crippen LogP) is 3.27. The molecule has 0 saturated carbocycles. The van der Waals surface area contributed by atoms with Gasteiger partial charge in [0.15, 0.2) is 6.79 Å². The number of aliphatic hydroxyl groups is 1. The van der Waals surface area contributed by atoms with E-state index in [1.165, 1.54) is 0 Å². The van der Waals surface area contributed by atoms with Gasteiger partial charge in [-0.3, -0.25) is 0 Å². The summed E-state index contributed by atoms with van der Waals surface area (Å²) in [6.45, 7) is 4.46. The maximum atomic E-state index is 9.80. The van der Waals surface area contributed by atoms with E-state index in [0.29, 0.717) is 12.4 Å². The summed E-state index contributed by atoms with van der Waals surface area (Å²) in [5, 5.41) is 11.9. The minimum Gasteiger partial charge on any atom is -0.467 e. The lowest BCUT2D eigenvalue weighted by Crippen LogP contribution is -2.06. The van der Waals surface area contributed by atoms with Gasteiger partial charge < -0.3 is 14.6 Å². The molecule has 0 aliphatic heterocycles. The molecule has 3 heteroatoms. The molecule has 0 aliphatic rings. The van der Waals surface area contributed by atoms with Crippen LogP contribution in [0.2, 0.25) is 0 Å². The lowest BCUT2D eigenvalue weighted by Gasteiger charge is -2.15. The molecule has 0 spiro atoms. The van der Waals surface area contributed by atoms with E-state index >= 15 is 0 Å². The van der Waals surface area contributed by atoms with Crippen molar-refractivity contribution >= 4 is 10.8 Å². The normalized spacial score (nSPS) is 12.6. The minimum atomic E-state index is -0.564. The van der Waals surface area contributed by atoms with Crippen molar-refractivity contribution in [2.24, 2.45) is 0 Å². The molecule has 0 amide bonds. The number of hydrogen-bond acceptors (Lipinski definition) is 3. The maximum absolute atomic E-state index is 9.80. The van der Waals surface area contributed by atoms with Crippen LogP contribution >= 0.6 is 0 Å². The Kier molecular flexibility index (Phi) is 4.18. The van der Waals surface area contributed by atoms with Gasteiger partial charge in [0.05, 0.1) is 6.10 Å². The number of aliphatic hydroxyl groups excluding tert-OH is 1. The van der Waals surface area contributed by atoms with E-state index in [4.69, 9.17) is 9.47 Å². The van der Waals surface area contributed by atoms with Gasteiger partial charge in [-0.25, -0.2) is 0 Å². The molecule has 0 radical (unpaired) electrons. The highest BCUT2D eigenvalue weighted by atomic mass is 16.7. The molecule has 0 unspecified atom stereocenters. The van der Waals surface area contributed by atoms with Gasteiger partial charge in [-0.1, -0.05) is 36.4 Å². The molecule has 0 aliphatic carbocycles. The SMILES string of the molecule is CCOCOc1c([C@H](C)O)ccc2ccccc12. The molecule has 0 bridgehead atoms. The van der Waals surface area contributed by atoms with Gasteiger partial charge in [-0.15, -0.1) is 0 Å². The van der Waals surface area contributed by atoms with Crippen molar-refractivity contribution in [2.75, 3.05) is 13.4 Å². The monoisotopic (exact) mass is 246 g/mol. The Morgan fingerprint density at radius 3 is 2.67 bits per heavy atom. The summed E-state index contributed by atoms with van der Waals surface area (Å²) in [5.41, 5.74) is 0.786. The van der Waals surface area contributed by atoms with E-state index in [1.807, 2.05) is 43.3 Å². The molecular weight excluding hydrogens is 228 g/mol. The lowest BCUT2D eigenvalue weighted by molar-refractivity contribution is 0.0214. The predicted molar refractivity (Wildman–Crippen MR) is 71.7 cm³/mol. The average Bonchev–Trinajstić information content (AvgIpc) is 2.38. The van der Waals surface area contributed by atoms with E-state index in [0.717, 1.165) is 16.3 Å². The average molecular weight is 246 g/mol. The Bertz CT molecular complexity index is 520. The molecule has 1 atom stereocenters.